The largest absolute Gasteiger partial charge is 0.489 e. The van der Waals surface area contributed by atoms with Crippen LogP contribution >= 0.6 is 0 Å². The van der Waals surface area contributed by atoms with Crippen LogP contribution in [-0.2, 0) is 31.4 Å². The fourth-order valence-electron chi connectivity index (χ4n) is 4.64. The van der Waals surface area contributed by atoms with Crippen LogP contribution in [-0.4, -0.2) is 17.8 Å². The quantitative estimate of drug-likeness (QED) is 0.172. The molecule has 1 atom stereocenters. The summed E-state index contributed by atoms with van der Waals surface area (Å²) < 4.78 is 153. The van der Waals surface area contributed by atoms with E-state index in [-0.39, 0.29) is 29.2 Å². The van der Waals surface area contributed by atoms with Gasteiger partial charge in [0.1, 0.15) is 12.4 Å². The molecule has 0 bridgehead atoms. The monoisotopic (exact) mass is 663 g/mol. The van der Waals surface area contributed by atoms with Gasteiger partial charge in [0.05, 0.1) is 17.2 Å². The average Bonchev–Trinajstić information content (AvgIpc) is 2.99. The van der Waals surface area contributed by atoms with Crippen LogP contribution in [0, 0.1) is 0 Å². The molecule has 4 aromatic carbocycles. The molecule has 0 amide bonds. The van der Waals surface area contributed by atoms with Crippen LogP contribution in [0.5, 0.6) is 5.75 Å². The molecule has 0 aliphatic heterocycles. The number of ether oxygens (including phenoxy) is 1. The molecule has 0 spiro atoms. The summed E-state index contributed by atoms with van der Waals surface area (Å²) in [4.78, 5) is 1.25. The zero-order chi connectivity index (χ0) is 33.9. The Morgan fingerprint density at radius 3 is 1.89 bits per heavy atom. The van der Waals surface area contributed by atoms with Crippen LogP contribution in [0.2, 0.25) is 0 Å². The molecule has 0 fully saturated rings. The maximum Gasteiger partial charge on any atom is 0.458 e. The van der Waals surface area contributed by atoms with E-state index in [1.165, 1.54) is 53.4 Å². The lowest BCUT2D eigenvalue weighted by Gasteiger charge is -2.29. The van der Waals surface area contributed by atoms with Crippen molar-refractivity contribution in [3.05, 3.63) is 130 Å². The van der Waals surface area contributed by atoms with Gasteiger partial charge in [0.2, 0.25) is 0 Å². The number of halogens is 11. The first-order valence-electron chi connectivity index (χ1n) is 13.4. The van der Waals surface area contributed by atoms with Gasteiger partial charge < -0.3 is 14.7 Å². The Kier molecular flexibility index (Phi) is 9.90. The van der Waals surface area contributed by atoms with E-state index in [2.05, 4.69) is 0 Å². The predicted octanol–water partition coefficient (Wildman–Crippen LogP) is 9.70. The lowest BCUT2D eigenvalue weighted by molar-refractivity contribution is -0.289. The van der Waals surface area contributed by atoms with Crippen LogP contribution in [0.15, 0.2) is 97.1 Å². The normalized spacial score (nSPS) is 13.4. The molecule has 4 aromatic rings. The molecule has 46 heavy (non-hydrogen) atoms. The second-order valence-electron chi connectivity index (χ2n) is 10.2. The van der Waals surface area contributed by atoms with Gasteiger partial charge in [-0.2, -0.15) is 48.3 Å². The maximum atomic E-state index is 14.1. The third-order valence-corrected chi connectivity index (χ3v) is 6.88. The minimum atomic E-state index is -5.89. The molecule has 0 heterocycles. The lowest BCUT2D eigenvalue weighted by Crippen LogP contribution is -2.34. The van der Waals surface area contributed by atoms with Crippen LogP contribution in [0.3, 0.4) is 0 Å². The predicted molar refractivity (Wildman–Crippen MR) is 146 cm³/mol. The van der Waals surface area contributed by atoms with Crippen LogP contribution in [0.4, 0.5) is 54.0 Å². The highest BCUT2D eigenvalue weighted by Gasteiger charge is 2.58. The number of hydrogen-bond acceptors (Lipinski definition) is 3. The number of alkyl halides is 11. The molecule has 4 rings (SSSR count). The molecule has 0 aromatic heterocycles. The molecule has 3 nitrogen and oxygen atoms in total. The second-order valence-corrected chi connectivity index (χ2v) is 10.2. The molecule has 14 heteroatoms. The van der Waals surface area contributed by atoms with Crippen molar-refractivity contribution >= 4 is 5.69 Å². The number of rotatable bonds is 10. The second kappa shape index (κ2) is 13.2. The van der Waals surface area contributed by atoms with Crippen molar-refractivity contribution in [2.75, 3.05) is 11.4 Å². The van der Waals surface area contributed by atoms with Gasteiger partial charge >= 0.3 is 24.5 Å². The Morgan fingerprint density at radius 2 is 1.24 bits per heavy atom. The molecule has 0 saturated heterocycles. The first-order chi connectivity index (χ1) is 21.4. The van der Waals surface area contributed by atoms with Crippen molar-refractivity contribution in [2.45, 2.75) is 43.7 Å². The minimum absolute atomic E-state index is 0.0856. The molecule has 0 radical (unpaired) electrons. The highest BCUT2D eigenvalue weighted by atomic mass is 19.4. The van der Waals surface area contributed by atoms with Crippen molar-refractivity contribution < 1.29 is 58.1 Å². The maximum absolute atomic E-state index is 14.1. The molecule has 0 saturated carbocycles. The first kappa shape index (κ1) is 34.5. The van der Waals surface area contributed by atoms with Crippen molar-refractivity contribution in [1.82, 2.24) is 0 Å². The molecule has 0 aliphatic carbocycles. The smallest absolute Gasteiger partial charge is 0.458 e. The molecule has 1 unspecified atom stereocenters. The van der Waals surface area contributed by atoms with Crippen LogP contribution in [0.1, 0.15) is 39.5 Å². The fourth-order valence-corrected chi connectivity index (χ4v) is 4.64. The van der Waals surface area contributed by atoms with Crippen molar-refractivity contribution in [2.24, 2.45) is 0 Å². The van der Waals surface area contributed by atoms with E-state index in [4.69, 9.17) is 4.74 Å². The Labute approximate surface area is 255 Å². The molecule has 0 aliphatic rings. The highest BCUT2D eigenvalue weighted by Crippen LogP contribution is 2.44. The van der Waals surface area contributed by atoms with Gasteiger partial charge in [0, 0.05) is 30.4 Å². The third kappa shape index (κ3) is 8.27. The van der Waals surface area contributed by atoms with Crippen LogP contribution in [0.25, 0.3) is 0 Å². The van der Waals surface area contributed by atoms with Gasteiger partial charge in [-0.3, -0.25) is 0 Å². The standard InChI is InChI=1S/C32H24F11NO2/c33-29(34,32(41,42)43)22-8-3-6-20(14-22)17-44(18-28(45)26-12-1-2-13-27(26)31(38,39)40)24-10-5-11-25(16-24)46-19-21-7-4-9-23(15-21)30(35,36)37/h1-16,28,45H,17-19H2. The number of aliphatic hydroxyl groups excluding tert-OH is 1. The van der Waals surface area contributed by atoms with E-state index in [1.54, 1.807) is 0 Å². The molecule has 246 valence electrons. The van der Waals surface area contributed by atoms with Crippen molar-refractivity contribution in [3.63, 3.8) is 0 Å². The fraction of sp³-hybridized carbons (Fsp3) is 0.250. The summed E-state index contributed by atoms with van der Waals surface area (Å²) in [6, 6.07) is 17.5. The third-order valence-electron chi connectivity index (χ3n) is 6.88. The summed E-state index contributed by atoms with van der Waals surface area (Å²) in [7, 11) is 0. The average molecular weight is 664 g/mol. The summed E-state index contributed by atoms with van der Waals surface area (Å²) in [5.74, 6) is -5.11. The van der Waals surface area contributed by atoms with E-state index in [0.717, 1.165) is 36.4 Å². The zero-order valence-corrected chi connectivity index (χ0v) is 23.4. The Hall–Kier alpha value is -4.33. The van der Waals surface area contributed by atoms with E-state index in [0.29, 0.717) is 12.1 Å². The number of benzene rings is 4. The van der Waals surface area contributed by atoms with Gasteiger partial charge in [-0.25, -0.2) is 0 Å². The van der Waals surface area contributed by atoms with E-state index < -0.39 is 65.9 Å². The van der Waals surface area contributed by atoms with E-state index in [1.807, 2.05) is 0 Å². The van der Waals surface area contributed by atoms with Crippen molar-refractivity contribution in [1.29, 1.82) is 0 Å². The summed E-state index contributed by atoms with van der Waals surface area (Å²) in [6.07, 6.45) is -17.1. The Bertz CT molecular complexity index is 1630. The highest BCUT2D eigenvalue weighted by molar-refractivity contribution is 5.52. The number of nitrogens with zero attached hydrogens (tertiary/aromatic N) is 1. The van der Waals surface area contributed by atoms with Gasteiger partial charge in [-0.1, -0.05) is 54.6 Å². The van der Waals surface area contributed by atoms with Crippen molar-refractivity contribution in [3.8, 4) is 5.75 Å². The minimum Gasteiger partial charge on any atom is -0.489 e. The number of hydrogen-bond donors (Lipinski definition) is 1. The summed E-state index contributed by atoms with van der Waals surface area (Å²) in [5, 5.41) is 10.9. The number of anilines is 1. The molecule has 1 N–H and O–H groups in total. The van der Waals surface area contributed by atoms with E-state index in [9.17, 15) is 53.4 Å². The lowest BCUT2D eigenvalue weighted by atomic mass is 10.0. The Balaban J connectivity index is 1.67. The summed E-state index contributed by atoms with van der Waals surface area (Å²) in [6.45, 7) is -1.34. The van der Waals surface area contributed by atoms with Crippen LogP contribution < -0.4 is 9.64 Å². The van der Waals surface area contributed by atoms with Gasteiger partial charge in [0.15, 0.2) is 0 Å². The van der Waals surface area contributed by atoms with Gasteiger partial charge in [-0.05, 0) is 53.1 Å². The first-order valence-corrected chi connectivity index (χ1v) is 13.4. The summed E-state index contributed by atoms with van der Waals surface area (Å²) in [5.41, 5.74) is -3.68. The zero-order valence-electron chi connectivity index (χ0n) is 23.4. The molecular formula is C32H24F11NO2. The van der Waals surface area contributed by atoms with Gasteiger partial charge in [0.25, 0.3) is 0 Å². The SMILES string of the molecule is OC(CN(Cc1cccc(C(F)(F)C(F)(F)F)c1)c1cccc(OCc2cccc(C(F)(F)F)c2)c1)c1ccccc1C(F)(F)F. The topological polar surface area (TPSA) is 32.7 Å². The molecular weight excluding hydrogens is 639 g/mol. The van der Waals surface area contributed by atoms with E-state index >= 15 is 0 Å². The number of aliphatic hydroxyl groups is 1. The Morgan fingerprint density at radius 1 is 0.630 bits per heavy atom. The van der Waals surface area contributed by atoms with Gasteiger partial charge in [-0.15, -0.1) is 0 Å². The summed E-state index contributed by atoms with van der Waals surface area (Å²) >= 11 is 0.